The fraction of sp³-hybridized carbons (Fsp3) is 0.333. The van der Waals surface area contributed by atoms with E-state index in [9.17, 15) is 14.0 Å². The second-order valence-electron chi connectivity index (χ2n) is 9.62. The molecule has 1 atom stereocenters. The molecule has 196 valence electrons. The van der Waals surface area contributed by atoms with Gasteiger partial charge in [-0.3, -0.25) is 9.59 Å². The zero-order valence-electron chi connectivity index (χ0n) is 21.7. The Bertz CT molecular complexity index is 1200. The van der Waals surface area contributed by atoms with E-state index in [2.05, 4.69) is 35.1 Å². The molecule has 1 N–H and O–H groups in total. The van der Waals surface area contributed by atoms with Crippen molar-refractivity contribution >= 4 is 27.7 Å². The first-order valence-corrected chi connectivity index (χ1v) is 13.2. The first-order valence-electron chi connectivity index (χ1n) is 12.4. The fourth-order valence-corrected chi connectivity index (χ4v) is 4.47. The maximum atomic E-state index is 14.6. The summed E-state index contributed by atoms with van der Waals surface area (Å²) in [5.41, 5.74) is 2.36. The van der Waals surface area contributed by atoms with Gasteiger partial charge in [-0.1, -0.05) is 68.4 Å². The molecule has 0 aliphatic rings. The third-order valence-corrected chi connectivity index (χ3v) is 6.59. The molecule has 0 radical (unpaired) electrons. The lowest BCUT2D eigenvalue weighted by molar-refractivity contribution is -0.143. The summed E-state index contributed by atoms with van der Waals surface area (Å²) in [6, 6.07) is 20.5. The first kappa shape index (κ1) is 28.4. The van der Waals surface area contributed by atoms with Crippen molar-refractivity contribution in [3.05, 3.63) is 99.8 Å². The predicted molar refractivity (Wildman–Crippen MR) is 148 cm³/mol. The van der Waals surface area contributed by atoms with Gasteiger partial charge in [0.15, 0.2) is 6.61 Å². The van der Waals surface area contributed by atoms with Crippen molar-refractivity contribution in [2.24, 2.45) is 0 Å². The monoisotopic (exact) mass is 568 g/mol. The molecule has 5 nitrogen and oxygen atoms in total. The molecule has 7 heteroatoms. The van der Waals surface area contributed by atoms with Crippen LogP contribution >= 0.6 is 15.9 Å². The first-order chi connectivity index (χ1) is 17.7. The molecule has 0 aliphatic carbocycles. The molecule has 0 bridgehead atoms. The number of carbonyl (C=O) groups is 2. The Morgan fingerprint density at radius 1 is 0.973 bits per heavy atom. The summed E-state index contributed by atoms with van der Waals surface area (Å²) < 4.78 is 21.3. The summed E-state index contributed by atoms with van der Waals surface area (Å²) in [5.74, 6) is -0.277. The van der Waals surface area contributed by atoms with Crippen LogP contribution in [0.1, 0.15) is 50.3 Å². The lowest BCUT2D eigenvalue weighted by atomic mass is 10.0. The minimum Gasteiger partial charge on any atom is -0.483 e. The average molecular weight is 570 g/mol. The third-order valence-electron chi connectivity index (χ3n) is 5.97. The van der Waals surface area contributed by atoms with Crippen LogP contribution < -0.4 is 10.1 Å². The van der Waals surface area contributed by atoms with Crippen LogP contribution in [0, 0.1) is 5.82 Å². The highest BCUT2D eigenvalue weighted by molar-refractivity contribution is 9.10. The molecular formula is C30H34BrFN2O3. The molecule has 3 aromatic rings. The van der Waals surface area contributed by atoms with Crippen molar-refractivity contribution in [1.82, 2.24) is 10.2 Å². The van der Waals surface area contributed by atoms with E-state index in [1.165, 1.54) is 11.0 Å². The van der Waals surface area contributed by atoms with Gasteiger partial charge in [0.1, 0.15) is 17.6 Å². The van der Waals surface area contributed by atoms with Crippen LogP contribution in [0.3, 0.4) is 0 Å². The van der Waals surface area contributed by atoms with Crippen LogP contribution in [0.5, 0.6) is 5.75 Å². The highest BCUT2D eigenvalue weighted by Gasteiger charge is 2.31. The average Bonchev–Trinajstić information content (AvgIpc) is 2.86. The summed E-state index contributed by atoms with van der Waals surface area (Å²) in [6.07, 6.45) is 0.284. The minimum absolute atomic E-state index is 0.0641. The quantitative estimate of drug-likeness (QED) is 0.297. The van der Waals surface area contributed by atoms with Crippen molar-refractivity contribution in [2.45, 2.75) is 58.7 Å². The molecule has 1 unspecified atom stereocenters. The van der Waals surface area contributed by atoms with Gasteiger partial charge in [-0.05, 0) is 65.0 Å². The van der Waals surface area contributed by atoms with Gasteiger partial charge < -0.3 is 15.0 Å². The van der Waals surface area contributed by atoms with Gasteiger partial charge in [-0.15, -0.1) is 0 Å². The highest BCUT2D eigenvalue weighted by atomic mass is 79.9. The SMILES string of the molecule is CC(C)NC(=O)C(Cc1ccccc1)N(Cc1ccccc1F)C(=O)COc1ccc(C(C)C)cc1Br. The normalized spacial score (nSPS) is 11.9. The predicted octanol–water partition coefficient (Wildman–Crippen LogP) is 6.26. The maximum Gasteiger partial charge on any atom is 0.261 e. The number of ether oxygens (including phenoxy) is 1. The summed E-state index contributed by atoms with van der Waals surface area (Å²) in [6.45, 7) is 7.56. The van der Waals surface area contributed by atoms with E-state index in [0.717, 1.165) is 15.6 Å². The number of rotatable bonds is 11. The molecule has 37 heavy (non-hydrogen) atoms. The van der Waals surface area contributed by atoms with E-state index in [1.807, 2.05) is 62.4 Å². The van der Waals surface area contributed by atoms with E-state index in [-0.39, 0.29) is 31.5 Å². The van der Waals surface area contributed by atoms with Crippen LogP contribution in [-0.4, -0.2) is 35.4 Å². The van der Waals surface area contributed by atoms with Crippen molar-refractivity contribution < 1.29 is 18.7 Å². The Morgan fingerprint density at radius 2 is 1.65 bits per heavy atom. The molecule has 0 heterocycles. The second kappa shape index (κ2) is 13.4. The zero-order chi connectivity index (χ0) is 26.9. The van der Waals surface area contributed by atoms with Crippen LogP contribution in [-0.2, 0) is 22.6 Å². The maximum absolute atomic E-state index is 14.6. The molecule has 0 fully saturated rings. The Morgan fingerprint density at radius 3 is 2.27 bits per heavy atom. The van der Waals surface area contributed by atoms with Gasteiger partial charge in [-0.25, -0.2) is 4.39 Å². The molecule has 0 aromatic heterocycles. The van der Waals surface area contributed by atoms with Gasteiger partial charge in [0.25, 0.3) is 5.91 Å². The van der Waals surface area contributed by atoms with Gasteiger partial charge in [0.2, 0.25) is 5.91 Å². The lowest BCUT2D eigenvalue weighted by Gasteiger charge is -2.32. The van der Waals surface area contributed by atoms with Crippen LogP contribution in [0.4, 0.5) is 4.39 Å². The van der Waals surface area contributed by atoms with Crippen molar-refractivity contribution in [3.8, 4) is 5.75 Å². The number of carbonyl (C=O) groups excluding carboxylic acids is 2. The Labute approximate surface area is 227 Å². The molecule has 0 saturated heterocycles. The van der Waals surface area contributed by atoms with Gasteiger partial charge in [0.05, 0.1) is 4.47 Å². The standard InChI is InChI=1S/C30H34BrFN2O3/c1-20(2)23-14-15-28(25(31)17-23)37-19-29(35)34(18-24-12-8-9-13-26(24)32)27(30(36)33-21(3)4)16-22-10-6-5-7-11-22/h5-15,17,20-21,27H,16,18-19H2,1-4H3,(H,33,36). The molecular weight excluding hydrogens is 535 g/mol. The molecule has 3 rings (SSSR count). The topological polar surface area (TPSA) is 58.6 Å². The summed E-state index contributed by atoms with van der Waals surface area (Å²) in [5, 5.41) is 2.92. The number of nitrogens with zero attached hydrogens (tertiary/aromatic N) is 1. The molecule has 0 saturated carbocycles. The number of hydrogen-bond donors (Lipinski definition) is 1. The minimum atomic E-state index is -0.854. The fourth-order valence-electron chi connectivity index (χ4n) is 3.96. The largest absolute Gasteiger partial charge is 0.483 e. The zero-order valence-corrected chi connectivity index (χ0v) is 23.3. The summed E-state index contributed by atoms with van der Waals surface area (Å²) in [4.78, 5) is 28.4. The summed E-state index contributed by atoms with van der Waals surface area (Å²) in [7, 11) is 0. The molecule has 0 aliphatic heterocycles. The van der Waals surface area contributed by atoms with E-state index in [0.29, 0.717) is 17.2 Å². The van der Waals surface area contributed by atoms with Gasteiger partial charge in [-0.2, -0.15) is 0 Å². The number of halogens is 2. The van der Waals surface area contributed by atoms with Crippen LogP contribution in [0.15, 0.2) is 77.3 Å². The van der Waals surface area contributed by atoms with Crippen LogP contribution in [0.25, 0.3) is 0 Å². The van der Waals surface area contributed by atoms with Crippen molar-refractivity contribution in [1.29, 1.82) is 0 Å². The van der Waals surface area contributed by atoms with Gasteiger partial charge in [0, 0.05) is 24.6 Å². The van der Waals surface area contributed by atoms with Crippen molar-refractivity contribution in [2.75, 3.05) is 6.61 Å². The Balaban J connectivity index is 1.91. The highest BCUT2D eigenvalue weighted by Crippen LogP contribution is 2.29. The molecule has 2 amide bonds. The third kappa shape index (κ3) is 8.15. The number of benzene rings is 3. The van der Waals surface area contributed by atoms with E-state index >= 15 is 0 Å². The molecule has 0 spiro atoms. The number of amides is 2. The summed E-state index contributed by atoms with van der Waals surface area (Å²) >= 11 is 3.53. The van der Waals surface area contributed by atoms with Crippen molar-refractivity contribution in [3.63, 3.8) is 0 Å². The van der Waals surface area contributed by atoms with E-state index in [4.69, 9.17) is 4.74 Å². The van der Waals surface area contributed by atoms with Gasteiger partial charge >= 0.3 is 0 Å². The smallest absolute Gasteiger partial charge is 0.261 e. The van der Waals surface area contributed by atoms with E-state index in [1.54, 1.807) is 18.2 Å². The molecule has 3 aromatic carbocycles. The van der Waals surface area contributed by atoms with E-state index < -0.39 is 17.8 Å². The Kier molecular flexibility index (Phi) is 10.3. The lowest BCUT2D eigenvalue weighted by Crippen LogP contribution is -2.53. The van der Waals surface area contributed by atoms with Crippen LogP contribution in [0.2, 0.25) is 0 Å². The number of hydrogen-bond acceptors (Lipinski definition) is 3. The Hall–Kier alpha value is -3.19. The second-order valence-corrected chi connectivity index (χ2v) is 10.5. The number of nitrogens with one attached hydrogen (secondary N) is 1.